The second-order valence-corrected chi connectivity index (χ2v) is 3.50. The molecular weight excluding hydrogens is 178 g/mol. The lowest BCUT2D eigenvalue weighted by atomic mass is 10.1. The molecule has 80 valence electrons. The van der Waals surface area contributed by atoms with Gasteiger partial charge in [-0.05, 0) is 32.4 Å². The van der Waals surface area contributed by atoms with Crippen LogP contribution in [0, 0.1) is 13.8 Å². The highest BCUT2D eigenvalue weighted by molar-refractivity contribution is 5.24. The van der Waals surface area contributed by atoms with Crippen LogP contribution >= 0.6 is 0 Å². The maximum atomic E-state index is 8.60. The van der Waals surface area contributed by atoms with Crippen molar-refractivity contribution in [1.82, 2.24) is 15.1 Å². The van der Waals surface area contributed by atoms with Gasteiger partial charge in [0, 0.05) is 19.3 Å². The molecular formula is C10H19N3O. The molecule has 2 N–H and O–H groups in total. The standard InChI is InChI=1S/C10H19N3O/c1-8-10(4-5-11-6-7-14)9(2)13(3)12-8/h11,14H,4-7H2,1-3H3. The van der Waals surface area contributed by atoms with Crippen LogP contribution in [0.15, 0.2) is 0 Å². The summed E-state index contributed by atoms with van der Waals surface area (Å²) >= 11 is 0. The van der Waals surface area contributed by atoms with E-state index in [0.717, 1.165) is 18.7 Å². The van der Waals surface area contributed by atoms with Crippen molar-refractivity contribution in [3.63, 3.8) is 0 Å². The first-order valence-corrected chi connectivity index (χ1v) is 4.97. The lowest BCUT2D eigenvalue weighted by Gasteiger charge is -2.03. The van der Waals surface area contributed by atoms with Gasteiger partial charge in [-0.15, -0.1) is 0 Å². The molecule has 0 atom stereocenters. The van der Waals surface area contributed by atoms with Crippen molar-refractivity contribution in [2.75, 3.05) is 19.7 Å². The van der Waals surface area contributed by atoms with Crippen LogP contribution in [0.5, 0.6) is 0 Å². The summed E-state index contributed by atoms with van der Waals surface area (Å²) < 4.78 is 1.91. The first-order chi connectivity index (χ1) is 6.66. The molecule has 1 aromatic heterocycles. The van der Waals surface area contributed by atoms with Crippen LogP contribution in [0.2, 0.25) is 0 Å². The normalized spacial score (nSPS) is 10.9. The van der Waals surface area contributed by atoms with Gasteiger partial charge in [0.2, 0.25) is 0 Å². The fraction of sp³-hybridized carbons (Fsp3) is 0.700. The Kier molecular flexibility index (Phi) is 4.10. The summed E-state index contributed by atoms with van der Waals surface area (Å²) in [5, 5.41) is 16.1. The summed E-state index contributed by atoms with van der Waals surface area (Å²) in [4.78, 5) is 0. The van der Waals surface area contributed by atoms with Gasteiger partial charge >= 0.3 is 0 Å². The largest absolute Gasteiger partial charge is 0.395 e. The number of hydrogen-bond donors (Lipinski definition) is 2. The van der Waals surface area contributed by atoms with E-state index >= 15 is 0 Å². The molecule has 0 amide bonds. The fourth-order valence-corrected chi connectivity index (χ4v) is 1.60. The van der Waals surface area contributed by atoms with Crippen LogP contribution in [0.25, 0.3) is 0 Å². The number of aliphatic hydroxyl groups excluding tert-OH is 1. The molecule has 0 saturated carbocycles. The van der Waals surface area contributed by atoms with Gasteiger partial charge in [0.05, 0.1) is 12.3 Å². The van der Waals surface area contributed by atoms with Crippen molar-refractivity contribution in [2.24, 2.45) is 7.05 Å². The van der Waals surface area contributed by atoms with Crippen LogP contribution in [-0.4, -0.2) is 34.6 Å². The van der Waals surface area contributed by atoms with Gasteiger partial charge in [-0.1, -0.05) is 0 Å². The average Bonchev–Trinajstić information content (AvgIpc) is 2.38. The molecule has 1 rings (SSSR count). The molecule has 4 heteroatoms. The highest BCUT2D eigenvalue weighted by atomic mass is 16.3. The van der Waals surface area contributed by atoms with Crippen molar-refractivity contribution in [3.8, 4) is 0 Å². The van der Waals surface area contributed by atoms with Crippen molar-refractivity contribution < 1.29 is 5.11 Å². The summed E-state index contributed by atoms with van der Waals surface area (Å²) in [5.74, 6) is 0. The number of aryl methyl sites for hydroxylation is 2. The Morgan fingerprint density at radius 3 is 2.57 bits per heavy atom. The molecule has 0 radical (unpaired) electrons. The predicted octanol–water partition coefficient (Wildman–Crippen LogP) is 0.161. The zero-order valence-corrected chi connectivity index (χ0v) is 9.17. The van der Waals surface area contributed by atoms with Gasteiger partial charge in [0.1, 0.15) is 0 Å². The van der Waals surface area contributed by atoms with E-state index in [9.17, 15) is 0 Å². The number of hydrogen-bond acceptors (Lipinski definition) is 3. The fourth-order valence-electron chi connectivity index (χ4n) is 1.60. The van der Waals surface area contributed by atoms with Crippen LogP contribution in [0.1, 0.15) is 17.0 Å². The van der Waals surface area contributed by atoms with Crippen molar-refractivity contribution in [3.05, 3.63) is 17.0 Å². The smallest absolute Gasteiger partial charge is 0.0628 e. The second kappa shape index (κ2) is 5.12. The monoisotopic (exact) mass is 197 g/mol. The van der Waals surface area contributed by atoms with Crippen LogP contribution in [-0.2, 0) is 13.5 Å². The number of nitrogens with one attached hydrogen (secondary N) is 1. The lowest BCUT2D eigenvalue weighted by Crippen LogP contribution is -2.21. The predicted molar refractivity (Wildman–Crippen MR) is 56.3 cm³/mol. The van der Waals surface area contributed by atoms with E-state index in [1.54, 1.807) is 0 Å². The highest BCUT2D eigenvalue weighted by Gasteiger charge is 2.07. The van der Waals surface area contributed by atoms with Crippen molar-refractivity contribution in [2.45, 2.75) is 20.3 Å². The number of nitrogens with zero attached hydrogens (tertiary/aromatic N) is 2. The molecule has 0 aliphatic carbocycles. The molecule has 0 unspecified atom stereocenters. The van der Waals surface area contributed by atoms with Gasteiger partial charge < -0.3 is 10.4 Å². The molecule has 1 aromatic rings. The van der Waals surface area contributed by atoms with Gasteiger partial charge in [-0.3, -0.25) is 4.68 Å². The molecule has 0 aliphatic rings. The molecule has 0 aliphatic heterocycles. The van der Waals surface area contributed by atoms with E-state index in [4.69, 9.17) is 5.11 Å². The molecule has 1 heterocycles. The summed E-state index contributed by atoms with van der Waals surface area (Å²) in [6, 6.07) is 0. The minimum Gasteiger partial charge on any atom is -0.395 e. The Labute approximate surface area is 84.9 Å². The molecule has 0 spiro atoms. The maximum absolute atomic E-state index is 8.60. The minimum atomic E-state index is 0.199. The minimum absolute atomic E-state index is 0.199. The Hall–Kier alpha value is -0.870. The highest BCUT2D eigenvalue weighted by Crippen LogP contribution is 2.11. The average molecular weight is 197 g/mol. The van der Waals surface area contributed by atoms with E-state index in [1.807, 2.05) is 18.7 Å². The van der Waals surface area contributed by atoms with E-state index in [-0.39, 0.29) is 6.61 Å². The molecule has 0 bridgehead atoms. The van der Waals surface area contributed by atoms with Crippen LogP contribution < -0.4 is 5.32 Å². The Balaban J connectivity index is 2.49. The lowest BCUT2D eigenvalue weighted by molar-refractivity contribution is 0.293. The van der Waals surface area contributed by atoms with E-state index in [1.165, 1.54) is 11.3 Å². The molecule has 0 aromatic carbocycles. The van der Waals surface area contributed by atoms with Gasteiger partial charge in [0.15, 0.2) is 0 Å². The van der Waals surface area contributed by atoms with Crippen molar-refractivity contribution in [1.29, 1.82) is 0 Å². The summed E-state index contributed by atoms with van der Waals surface area (Å²) in [5.41, 5.74) is 3.65. The number of aliphatic hydroxyl groups is 1. The van der Waals surface area contributed by atoms with Crippen LogP contribution in [0.3, 0.4) is 0 Å². The van der Waals surface area contributed by atoms with Gasteiger partial charge in [0.25, 0.3) is 0 Å². The third kappa shape index (κ3) is 2.56. The topological polar surface area (TPSA) is 50.1 Å². The molecule has 0 saturated heterocycles. The quantitative estimate of drug-likeness (QED) is 0.661. The Bertz CT molecular complexity index is 294. The molecule has 14 heavy (non-hydrogen) atoms. The second-order valence-electron chi connectivity index (χ2n) is 3.50. The molecule has 0 fully saturated rings. The number of aromatic nitrogens is 2. The van der Waals surface area contributed by atoms with Crippen molar-refractivity contribution >= 4 is 0 Å². The first-order valence-electron chi connectivity index (χ1n) is 4.97. The van der Waals surface area contributed by atoms with E-state index in [0.29, 0.717) is 6.54 Å². The number of rotatable bonds is 5. The van der Waals surface area contributed by atoms with E-state index < -0.39 is 0 Å². The van der Waals surface area contributed by atoms with Crippen LogP contribution in [0.4, 0.5) is 0 Å². The summed E-state index contributed by atoms with van der Waals surface area (Å²) in [7, 11) is 1.97. The third-order valence-electron chi connectivity index (χ3n) is 2.50. The third-order valence-corrected chi connectivity index (χ3v) is 2.50. The Morgan fingerprint density at radius 1 is 1.36 bits per heavy atom. The summed E-state index contributed by atoms with van der Waals surface area (Å²) in [6.45, 7) is 5.88. The Morgan fingerprint density at radius 2 is 2.07 bits per heavy atom. The summed E-state index contributed by atoms with van der Waals surface area (Å²) in [6.07, 6.45) is 0.978. The van der Waals surface area contributed by atoms with Gasteiger partial charge in [-0.2, -0.15) is 5.10 Å². The first kappa shape index (κ1) is 11.2. The van der Waals surface area contributed by atoms with Gasteiger partial charge in [-0.25, -0.2) is 0 Å². The molecule has 4 nitrogen and oxygen atoms in total. The van der Waals surface area contributed by atoms with E-state index in [2.05, 4.69) is 17.3 Å². The zero-order chi connectivity index (χ0) is 10.6. The SMILES string of the molecule is Cc1nn(C)c(C)c1CCNCCO. The maximum Gasteiger partial charge on any atom is 0.0628 e. The zero-order valence-electron chi connectivity index (χ0n) is 9.17.